The Hall–Kier alpha value is -0.410. The minimum absolute atomic E-state index is 0.178. The molecule has 100 valence electrons. The number of hydrogen-bond donors (Lipinski definition) is 1. The van der Waals surface area contributed by atoms with Gasteiger partial charge in [-0.2, -0.15) is 0 Å². The van der Waals surface area contributed by atoms with Crippen molar-refractivity contribution < 1.29 is 0 Å². The zero-order valence-corrected chi connectivity index (χ0v) is 12.5. The van der Waals surface area contributed by atoms with Crippen molar-refractivity contribution in [1.82, 2.24) is 10.3 Å². The van der Waals surface area contributed by atoms with Crippen molar-refractivity contribution in [3.8, 4) is 0 Å². The SMILES string of the molecule is Cc1csc(C2(NC3CC3)CC(C)CC(C)C2)n1. The third-order valence-electron chi connectivity index (χ3n) is 4.28. The molecule has 0 radical (unpaired) electrons. The summed E-state index contributed by atoms with van der Waals surface area (Å²) in [5.41, 5.74) is 1.36. The molecule has 2 fully saturated rings. The summed E-state index contributed by atoms with van der Waals surface area (Å²) < 4.78 is 0. The van der Waals surface area contributed by atoms with Crippen LogP contribution in [-0.2, 0) is 5.54 Å². The maximum absolute atomic E-state index is 4.81. The minimum atomic E-state index is 0.178. The molecule has 1 aromatic rings. The lowest BCUT2D eigenvalue weighted by Gasteiger charge is -2.42. The predicted molar refractivity (Wildman–Crippen MR) is 76.9 cm³/mol. The van der Waals surface area contributed by atoms with Gasteiger partial charge in [0.05, 0.1) is 5.54 Å². The van der Waals surface area contributed by atoms with E-state index >= 15 is 0 Å². The van der Waals surface area contributed by atoms with Crippen LogP contribution >= 0.6 is 11.3 Å². The monoisotopic (exact) mass is 264 g/mol. The van der Waals surface area contributed by atoms with Crippen molar-refractivity contribution in [3.63, 3.8) is 0 Å². The molecule has 2 unspecified atom stereocenters. The second-order valence-electron chi connectivity index (χ2n) is 6.65. The molecule has 0 bridgehead atoms. The van der Waals surface area contributed by atoms with Gasteiger partial charge in [-0.25, -0.2) is 4.98 Å². The first-order valence-corrected chi connectivity index (χ1v) is 8.16. The number of aryl methyl sites for hydroxylation is 1. The summed E-state index contributed by atoms with van der Waals surface area (Å²) >= 11 is 1.86. The summed E-state index contributed by atoms with van der Waals surface area (Å²) in [4.78, 5) is 4.81. The highest BCUT2D eigenvalue weighted by Crippen LogP contribution is 2.45. The molecule has 1 aromatic heterocycles. The zero-order valence-electron chi connectivity index (χ0n) is 11.7. The van der Waals surface area contributed by atoms with E-state index in [0.717, 1.165) is 17.9 Å². The van der Waals surface area contributed by atoms with Crippen LogP contribution in [0.15, 0.2) is 5.38 Å². The Labute approximate surface area is 114 Å². The smallest absolute Gasteiger partial charge is 0.113 e. The van der Waals surface area contributed by atoms with Crippen LogP contribution in [0.4, 0.5) is 0 Å². The molecule has 2 aliphatic rings. The molecule has 2 atom stereocenters. The van der Waals surface area contributed by atoms with Gasteiger partial charge in [-0.15, -0.1) is 11.3 Å². The quantitative estimate of drug-likeness (QED) is 0.897. The fourth-order valence-electron chi connectivity index (χ4n) is 3.67. The largest absolute Gasteiger partial charge is 0.303 e. The molecular weight excluding hydrogens is 240 g/mol. The summed E-state index contributed by atoms with van der Waals surface area (Å²) in [6.07, 6.45) is 6.61. The Morgan fingerprint density at radius 2 is 1.94 bits per heavy atom. The highest BCUT2D eigenvalue weighted by atomic mass is 32.1. The Bertz CT molecular complexity index is 406. The summed E-state index contributed by atoms with van der Waals surface area (Å²) in [6.45, 7) is 6.92. The van der Waals surface area contributed by atoms with Gasteiger partial charge in [0.1, 0.15) is 5.01 Å². The van der Waals surface area contributed by atoms with Gasteiger partial charge < -0.3 is 5.32 Å². The van der Waals surface area contributed by atoms with Crippen molar-refractivity contribution in [1.29, 1.82) is 0 Å². The van der Waals surface area contributed by atoms with Crippen molar-refractivity contribution >= 4 is 11.3 Å². The summed E-state index contributed by atoms with van der Waals surface area (Å²) in [5, 5.41) is 7.49. The van der Waals surface area contributed by atoms with Crippen molar-refractivity contribution in [2.24, 2.45) is 11.8 Å². The number of rotatable bonds is 3. The fraction of sp³-hybridized carbons (Fsp3) is 0.800. The van der Waals surface area contributed by atoms with Crippen LogP contribution in [0.5, 0.6) is 0 Å². The van der Waals surface area contributed by atoms with Gasteiger partial charge in [-0.1, -0.05) is 13.8 Å². The third kappa shape index (κ3) is 2.48. The Morgan fingerprint density at radius 1 is 1.28 bits per heavy atom. The third-order valence-corrected chi connectivity index (χ3v) is 5.45. The first-order valence-electron chi connectivity index (χ1n) is 7.28. The van der Waals surface area contributed by atoms with E-state index in [2.05, 4.69) is 31.5 Å². The molecule has 3 rings (SSSR count). The molecule has 1 heterocycles. The Morgan fingerprint density at radius 3 is 2.44 bits per heavy atom. The fourth-order valence-corrected chi connectivity index (χ4v) is 4.66. The van der Waals surface area contributed by atoms with E-state index in [1.807, 2.05) is 11.3 Å². The lowest BCUT2D eigenvalue weighted by atomic mass is 9.71. The molecule has 2 aliphatic carbocycles. The molecule has 3 heteroatoms. The van der Waals surface area contributed by atoms with E-state index < -0.39 is 0 Å². The highest BCUT2D eigenvalue weighted by molar-refractivity contribution is 7.09. The molecule has 2 nitrogen and oxygen atoms in total. The number of thiazole rings is 1. The van der Waals surface area contributed by atoms with Gasteiger partial charge in [-0.05, 0) is 50.9 Å². The molecule has 0 spiro atoms. The van der Waals surface area contributed by atoms with E-state index in [1.165, 1.54) is 42.8 Å². The molecular formula is C15H24N2S. The van der Waals surface area contributed by atoms with E-state index in [4.69, 9.17) is 4.98 Å². The first kappa shape index (κ1) is 12.6. The Balaban J connectivity index is 1.91. The molecule has 0 aromatic carbocycles. The average Bonchev–Trinajstić information content (AvgIpc) is 2.95. The summed E-state index contributed by atoms with van der Waals surface area (Å²) in [5.74, 6) is 1.62. The number of aromatic nitrogens is 1. The molecule has 0 amide bonds. The van der Waals surface area contributed by atoms with Crippen LogP contribution in [0.1, 0.15) is 56.7 Å². The summed E-state index contributed by atoms with van der Waals surface area (Å²) in [6, 6.07) is 0.756. The van der Waals surface area contributed by atoms with Crippen LogP contribution in [0.25, 0.3) is 0 Å². The number of hydrogen-bond acceptors (Lipinski definition) is 3. The molecule has 0 saturated heterocycles. The molecule has 0 aliphatic heterocycles. The van der Waals surface area contributed by atoms with Crippen LogP contribution in [0, 0.1) is 18.8 Å². The van der Waals surface area contributed by atoms with Crippen LogP contribution in [0.3, 0.4) is 0 Å². The maximum Gasteiger partial charge on any atom is 0.113 e. The van der Waals surface area contributed by atoms with E-state index in [1.54, 1.807) is 0 Å². The second kappa shape index (κ2) is 4.61. The highest BCUT2D eigenvalue weighted by Gasteiger charge is 2.44. The predicted octanol–water partition coefficient (Wildman–Crippen LogP) is 3.85. The topological polar surface area (TPSA) is 24.9 Å². The normalized spacial score (nSPS) is 36.8. The van der Waals surface area contributed by atoms with Crippen molar-refractivity contribution in [2.75, 3.05) is 0 Å². The van der Waals surface area contributed by atoms with E-state index in [-0.39, 0.29) is 5.54 Å². The minimum Gasteiger partial charge on any atom is -0.303 e. The van der Waals surface area contributed by atoms with E-state index in [0.29, 0.717) is 0 Å². The van der Waals surface area contributed by atoms with Crippen LogP contribution < -0.4 is 5.32 Å². The summed E-state index contributed by atoms with van der Waals surface area (Å²) in [7, 11) is 0. The van der Waals surface area contributed by atoms with Crippen molar-refractivity contribution in [3.05, 3.63) is 16.1 Å². The molecule has 18 heavy (non-hydrogen) atoms. The lowest BCUT2D eigenvalue weighted by molar-refractivity contribution is 0.141. The molecule has 2 saturated carbocycles. The average molecular weight is 264 g/mol. The van der Waals surface area contributed by atoms with Gasteiger partial charge in [0.25, 0.3) is 0 Å². The van der Waals surface area contributed by atoms with Crippen molar-refractivity contribution in [2.45, 2.75) is 64.5 Å². The van der Waals surface area contributed by atoms with Gasteiger partial charge in [0.15, 0.2) is 0 Å². The van der Waals surface area contributed by atoms with Crippen LogP contribution in [0.2, 0.25) is 0 Å². The van der Waals surface area contributed by atoms with Gasteiger partial charge >= 0.3 is 0 Å². The first-order chi connectivity index (χ1) is 8.57. The Kier molecular flexibility index (Phi) is 3.23. The van der Waals surface area contributed by atoms with Gasteiger partial charge in [0.2, 0.25) is 0 Å². The van der Waals surface area contributed by atoms with E-state index in [9.17, 15) is 0 Å². The lowest BCUT2D eigenvalue weighted by Crippen LogP contribution is -2.48. The maximum atomic E-state index is 4.81. The standard InChI is InChI=1S/C15H24N2S/c1-10-6-11(2)8-15(7-10,17-13-4-5-13)14-16-12(3)9-18-14/h9-11,13,17H,4-8H2,1-3H3. The van der Waals surface area contributed by atoms with Crippen LogP contribution in [-0.4, -0.2) is 11.0 Å². The number of nitrogens with one attached hydrogen (secondary N) is 1. The zero-order chi connectivity index (χ0) is 12.8. The number of nitrogens with zero attached hydrogens (tertiary/aromatic N) is 1. The molecule has 1 N–H and O–H groups in total. The van der Waals surface area contributed by atoms with Gasteiger partial charge in [-0.3, -0.25) is 0 Å². The second-order valence-corrected chi connectivity index (χ2v) is 7.51. The van der Waals surface area contributed by atoms with Gasteiger partial charge in [0, 0.05) is 17.1 Å².